The summed E-state index contributed by atoms with van der Waals surface area (Å²) in [4.78, 5) is 11.1. The molecule has 0 bridgehead atoms. The van der Waals surface area contributed by atoms with E-state index in [9.17, 15) is 9.90 Å². The molecule has 2 atom stereocenters. The van der Waals surface area contributed by atoms with Gasteiger partial charge in [0, 0.05) is 0 Å². The molecule has 0 aliphatic heterocycles. The van der Waals surface area contributed by atoms with Crippen molar-refractivity contribution in [2.75, 3.05) is 0 Å². The molecule has 0 heterocycles. The second-order valence-electron chi connectivity index (χ2n) is 6.56. The molecule has 6 nitrogen and oxygen atoms in total. The molecule has 0 aliphatic rings. The number of benzene rings is 3. The smallest absolute Gasteiger partial charge is 0.323 e. The van der Waals surface area contributed by atoms with Crippen LogP contribution in [0.1, 0.15) is 22.8 Å². The number of nitrogens with two attached hydrogens (primary N) is 1. The molecule has 0 saturated heterocycles. The lowest BCUT2D eigenvalue weighted by Gasteiger charge is -2.18. The molecule has 0 saturated carbocycles. The Hall–Kier alpha value is -3.35. The van der Waals surface area contributed by atoms with Crippen LogP contribution in [0.4, 0.5) is 0 Å². The zero-order valence-corrected chi connectivity index (χ0v) is 15.8. The first kappa shape index (κ1) is 20.4. The van der Waals surface area contributed by atoms with Crippen molar-refractivity contribution in [3.05, 3.63) is 95.6 Å². The lowest BCUT2D eigenvalue weighted by molar-refractivity contribution is -0.141. The zero-order chi connectivity index (χ0) is 20.6. The van der Waals surface area contributed by atoms with Gasteiger partial charge in [-0.1, -0.05) is 66.7 Å². The van der Waals surface area contributed by atoms with Crippen LogP contribution in [-0.4, -0.2) is 22.2 Å². The average Bonchev–Trinajstić information content (AvgIpc) is 2.76. The Balaban J connectivity index is 1.82. The van der Waals surface area contributed by atoms with Crippen LogP contribution in [0, 0.1) is 0 Å². The fourth-order valence-corrected chi connectivity index (χ4v) is 2.75. The van der Waals surface area contributed by atoms with Gasteiger partial charge in [0.05, 0.1) is 0 Å². The first-order chi connectivity index (χ1) is 14.0. The van der Waals surface area contributed by atoms with Crippen molar-refractivity contribution < 1.29 is 24.5 Å². The molecule has 150 valence electrons. The predicted octanol–water partition coefficient (Wildman–Crippen LogP) is 3.29. The van der Waals surface area contributed by atoms with Crippen LogP contribution in [0.25, 0.3) is 0 Å². The summed E-state index contributed by atoms with van der Waals surface area (Å²) < 4.78 is 11.8. The van der Waals surface area contributed by atoms with Gasteiger partial charge in [0.2, 0.25) is 0 Å². The summed E-state index contributed by atoms with van der Waals surface area (Å²) in [6, 6.07) is 22.7. The first-order valence-electron chi connectivity index (χ1n) is 9.18. The highest BCUT2D eigenvalue weighted by Gasteiger charge is 2.24. The van der Waals surface area contributed by atoms with Crippen LogP contribution in [-0.2, 0) is 18.0 Å². The Kier molecular flexibility index (Phi) is 6.84. The summed E-state index contributed by atoms with van der Waals surface area (Å²) in [5.41, 5.74) is 7.87. The normalized spacial score (nSPS) is 12.8. The number of aliphatic hydroxyl groups excluding tert-OH is 1. The maximum Gasteiger partial charge on any atom is 0.323 e. The highest BCUT2D eigenvalue weighted by molar-refractivity contribution is 5.74. The standard InChI is InChI=1S/C23H23NO5/c24-21(23(26)27)22(25)18-11-12-19(28-14-16-7-3-1-4-8-16)20(13-18)29-15-17-9-5-2-6-10-17/h1-13,21-22,25H,14-15,24H2,(H,26,27)/i21+1,23+1,24+1. The molecule has 4 N–H and O–H groups in total. The van der Waals surface area contributed by atoms with Crippen molar-refractivity contribution in [1.29, 1.82) is 0 Å². The molecule has 0 amide bonds. The van der Waals surface area contributed by atoms with Crippen molar-refractivity contribution in [2.24, 2.45) is 5.73 Å². The molecule has 0 fully saturated rings. The van der Waals surface area contributed by atoms with Crippen LogP contribution < -0.4 is 15.2 Å². The van der Waals surface area contributed by atoms with E-state index in [1.807, 2.05) is 60.7 Å². The van der Waals surface area contributed by atoms with E-state index in [0.29, 0.717) is 30.3 Å². The number of carboxylic acids is 1. The quantitative estimate of drug-likeness (QED) is 0.379. The number of rotatable bonds is 9. The SMILES string of the molecule is [15NH2][13CH](C(O)c1ccc(OCc2ccccc2)c(OCc2ccccc2)c1)[13C](=O)O. The highest BCUT2D eigenvalue weighted by Crippen LogP contribution is 2.32. The summed E-state index contributed by atoms with van der Waals surface area (Å²) >= 11 is 0. The summed E-state index contributed by atoms with van der Waals surface area (Å²) in [7, 11) is 0. The Labute approximate surface area is 169 Å². The van der Waals surface area contributed by atoms with Crippen LogP contribution in [0.2, 0.25) is 0 Å². The van der Waals surface area contributed by atoms with Gasteiger partial charge in [-0.05, 0) is 28.8 Å². The van der Waals surface area contributed by atoms with Crippen LogP contribution >= 0.6 is 0 Å². The van der Waals surface area contributed by atoms with Gasteiger partial charge in [0.25, 0.3) is 0 Å². The zero-order valence-electron chi connectivity index (χ0n) is 15.8. The first-order valence-corrected chi connectivity index (χ1v) is 9.18. The second kappa shape index (κ2) is 9.73. The molecule has 3 aromatic rings. The molecule has 2 unspecified atom stereocenters. The van der Waals surface area contributed by atoms with E-state index >= 15 is 0 Å². The average molecular weight is 396 g/mol. The van der Waals surface area contributed by atoms with Crippen LogP contribution in [0.3, 0.4) is 0 Å². The van der Waals surface area contributed by atoms with Crippen LogP contribution in [0.15, 0.2) is 78.9 Å². The Bertz CT molecular complexity index is 931. The van der Waals surface area contributed by atoms with Crippen molar-refractivity contribution in [3.8, 4) is 11.5 Å². The van der Waals surface area contributed by atoms with E-state index in [1.54, 1.807) is 18.2 Å². The largest absolute Gasteiger partial charge is 0.485 e. The number of ether oxygens (including phenoxy) is 2. The molecular weight excluding hydrogens is 373 g/mol. The number of aliphatic hydroxyl groups is 1. The third-order valence-corrected chi connectivity index (χ3v) is 4.41. The summed E-state index contributed by atoms with van der Waals surface area (Å²) in [5.74, 6) is -0.391. The monoisotopic (exact) mass is 396 g/mol. The molecule has 0 radical (unpaired) electrons. The Morgan fingerprint density at radius 1 is 0.828 bits per heavy atom. The summed E-state index contributed by atoms with van der Waals surface area (Å²) in [6.07, 6.45) is -1.37. The van der Waals surface area contributed by atoms with Crippen molar-refractivity contribution >= 4 is 5.97 Å². The molecule has 0 spiro atoms. The highest BCUT2D eigenvalue weighted by atomic mass is 16.5. The number of carboxylic acid groups (broad SMARTS) is 1. The number of carbonyl (C=O) groups is 1. The minimum absolute atomic E-state index is 0.299. The molecule has 0 aromatic heterocycles. The van der Waals surface area contributed by atoms with E-state index in [0.717, 1.165) is 11.1 Å². The third kappa shape index (κ3) is 5.57. The van der Waals surface area contributed by atoms with Gasteiger partial charge >= 0.3 is 5.97 Å². The predicted molar refractivity (Wildman–Crippen MR) is 109 cm³/mol. The van der Waals surface area contributed by atoms with E-state index in [-0.39, 0.29) is 0 Å². The maximum atomic E-state index is 11.1. The molecule has 6 heteroatoms. The van der Waals surface area contributed by atoms with E-state index in [2.05, 4.69) is 0 Å². The number of hydrogen-bond donors (Lipinski definition) is 3. The van der Waals surface area contributed by atoms with Crippen molar-refractivity contribution in [3.63, 3.8) is 0 Å². The molecule has 3 aromatic carbocycles. The minimum Gasteiger partial charge on any atom is -0.485 e. The van der Waals surface area contributed by atoms with Crippen molar-refractivity contribution in [2.45, 2.75) is 25.4 Å². The third-order valence-electron chi connectivity index (χ3n) is 4.41. The van der Waals surface area contributed by atoms with E-state index in [4.69, 9.17) is 20.3 Å². The van der Waals surface area contributed by atoms with E-state index < -0.39 is 18.1 Å². The Morgan fingerprint density at radius 2 is 1.34 bits per heavy atom. The van der Waals surface area contributed by atoms with Gasteiger partial charge in [0.1, 0.15) is 25.4 Å². The summed E-state index contributed by atoms with van der Waals surface area (Å²) in [6.45, 7) is 0.645. The number of aliphatic carboxylic acids is 1. The van der Waals surface area contributed by atoms with Crippen molar-refractivity contribution in [1.82, 2.24) is 0 Å². The topological polar surface area (TPSA) is 102 Å². The van der Waals surface area contributed by atoms with Gasteiger partial charge in [-0.25, -0.2) is 0 Å². The summed E-state index contributed by atoms with van der Waals surface area (Å²) in [5, 5.41) is 19.3. The fraction of sp³-hybridized carbons (Fsp3) is 0.174. The molecule has 3 rings (SSSR count). The second-order valence-corrected chi connectivity index (χ2v) is 6.56. The van der Waals surface area contributed by atoms with Crippen LogP contribution in [0.5, 0.6) is 11.5 Å². The number of hydrogen-bond acceptors (Lipinski definition) is 5. The van der Waals surface area contributed by atoms with Gasteiger partial charge in [-0.15, -0.1) is 0 Å². The lowest BCUT2D eigenvalue weighted by Crippen LogP contribution is -2.36. The van der Waals surface area contributed by atoms with Gasteiger partial charge < -0.3 is 25.4 Å². The maximum absolute atomic E-state index is 11.1. The van der Waals surface area contributed by atoms with Gasteiger partial charge in [-0.3, -0.25) is 4.79 Å². The Morgan fingerprint density at radius 3 is 1.86 bits per heavy atom. The van der Waals surface area contributed by atoms with E-state index in [1.165, 1.54) is 0 Å². The minimum atomic E-state index is -1.44. The molecule has 0 aliphatic carbocycles. The molecule has 29 heavy (non-hydrogen) atoms. The molecular formula is C23H23NO5. The van der Waals surface area contributed by atoms with Gasteiger partial charge in [0.15, 0.2) is 11.5 Å². The fourth-order valence-electron chi connectivity index (χ4n) is 2.75. The van der Waals surface area contributed by atoms with Gasteiger partial charge in [-0.2, -0.15) is 0 Å². The lowest BCUT2D eigenvalue weighted by atomic mass is 10.1.